The number of benzene rings is 2. The zero-order valence-electron chi connectivity index (χ0n) is 23.7. The maximum Gasteiger partial charge on any atom is 0.309 e. The Hall–Kier alpha value is -2.34. The Bertz CT molecular complexity index is 1110. The predicted molar refractivity (Wildman–Crippen MR) is 151 cm³/mol. The summed E-state index contributed by atoms with van der Waals surface area (Å²) in [6, 6.07) is 10.1. The van der Waals surface area contributed by atoms with Crippen LogP contribution in [0, 0.1) is 0 Å². The van der Waals surface area contributed by atoms with E-state index in [2.05, 4.69) is 59.0 Å². The maximum absolute atomic E-state index is 13.1. The molecule has 0 fully saturated rings. The normalized spacial score (nSPS) is 12.3. The van der Waals surface area contributed by atoms with Gasteiger partial charge in [-0.2, -0.15) is 8.42 Å². The second kappa shape index (κ2) is 12.3. The Morgan fingerprint density at radius 1 is 0.750 bits per heavy atom. The highest BCUT2D eigenvalue weighted by Crippen LogP contribution is 2.38. The molecule has 0 aromatic heterocycles. The second-order valence-electron chi connectivity index (χ2n) is 11.3. The molecule has 36 heavy (non-hydrogen) atoms. The third kappa shape index (κ3) is 7.58. The Morgan fingerprint density at radius 2 is 1.19 bits per heavy atom. The van der Waals surface area contributed by atoms with Gasteiger partial charge in [0.1, 0.15) is 5.75 Å². The number of amides is 1. The van der Waals surface area contributed by atoms with Gasteiger partial charge < -0.3 is 9.50 Å². The molecule has 0 saturated heterocycles. The highest BCUT2D eigenvalue weighted by molar-refractivity contribution is 7.87. The van der Waals surface area contributed by atoms with Gasteiger partial charge in [-0.1, -0.05) is 99.6 Å². The van der Waals surface area contributed by atoms with Crippen molar-refractivity contribution in [2.45, 2.75) is 105 Å². The third-order valence-corrected chi connectivity index (χ3v) is 7.63. The summed E-state index contributed by atoms with van der Waals surface area (Å²) in [5.74, 6) is 0.651. The van der Waals surface area contributed by atoms with Crippen LogP contribution in [0.5, 0.6) is 5.75 Å². The van der Waals surface area contributed by atoms with Crippen molar-refractivity contribution in [2.75, 3.05) is 11.1 Å². The number of carbonyl (C=O) groups is 1. The van der Waals surface area contributed by atoms with Gasteiger partial charge in [-0.05, 0) is 57.4 Å². The molecule has 6 heteroatoms. The minimum absolute atomic E-state index is 0.0942. The number of rotatable bonds is 11. The average molecular weight is 516 g/mol. The minimum Gasteiger partial charge on any atom is -0.382 e. The number of hydrogen-bond acceptors (Lipinski definition) is 4. The van der Waals surface area contributed by atoms with Gasteiger partial charge in [-0.3, -0.25) is 4.79 Å². The summed E-state index contributed by atoms with van der Waals surface area (Å²) in [6.45, 7) is 20.7. The molecule has 2 rings (SSSR count). The van der Waals surface area contributed by atoms with Crippen molar-refractivity contribution in [1.82, 2.24) is 0 Å². The van der Waals surface area contributed by atoms with Crippen LogP contribution < -0.4 is 9.50 Å². The summed E-state index contributed by atoms with van der Waals surface area (Å²) < 4.78 is 31.9. The van der Waals surface area contributed by atoms with E-state index < -0.39 is 10.1 Å². The molecule has 2 aromatic rings. The standard InChI is InChI=1S/C30H45NO4S/c1-18(2)23-16-26(21(7)8)30(27(17-23)22(9)10)35-36(33,34)15-14-28(32)31-29-24(19(3)4)12-11-13-25(29)20(5)6/h11-13,16-22H,14-15H2,1-10H3,(H,31,32). The first-order valence-electron chi connectivity index (χ1n) is 13.2. The SMILES string of the molecule is CC(C)c1cc(C(C)C)c(OS(=O)(=O)CCC(=O)Nc2c(C(C)C)cccc2C(C)C)c(C(C)C)c1. The molecule has 0 heterocycles. The van der Waals surface area contributed by atoms with Gasteiger partial charge in [0.25, 0.3) is 0 Å². The number of hydrogen-bond donors (Lipinski definition) is 1. The molecule has 200 valence electrons. The zero-order chi connectivity index (χ0) is 27.4. The first kappa shape index (κ1) is 29.9. The van der Waals surface area contributed by atoms with Crippen LogP contribution in [0.2, 0.25) is 0 Å². The van der Waals surface area contributed by atoms with Gasteiger partial charge in [-0.25, -0.2) is 0 Å². The summed E-state index contributed by atoms with van der Waals surface area (Å²) in [4.78, 5) is 12.9. The van der Waals surface area contributed by atoms with Gasteiger partial charge in [0.05, 0.1) is 5.75 Å². The van der Waals surface area contributed by atoms with Crippen LogP contribution in [0.25, 0.3) is 0 Å². The van der Waals surface area contributed by atoms with Gasteiger partial charge in [-0.15, -0.1) is 0 Å². The van der Waals surface area contributed by atoms with Gasteiger partial charge in [0.15, 0.2) is 0 Å². The van der Waals surface area contributed by atoms with E-state index in [1.165, 1.54) is 0 Å². The fraction of sp³-hybridized carbons (Fsp3) is 0.567. The monoisotopic (exact) mass is 515 g/mol. The quantitative estimate of drug-likeness (QED) is 0.307. The summed E-state index contributed by atoms with van der Waals surface area (Å²) in [5.41, 5.74) is 5.80. The smallest absolute Gasteiger partial charge is 0.309 e. The van der Waals surface area contributed by atoms with Crippen LogP contribution in [0.3, 0.4) is 0 Å². The number of nitrogens with one attached hydrogen (secondary N) is 1. The lowest BCUT2D eigenvalue weighted by atomic mass is 9.88. The van der Waals surface area contributed by atoms with E-state index in [0.717, 1.165) is 33.5 Å². The van der Waals surface area contributed by atoms with Crippen molar-refractivity contribution < 1.29 is 17.4 Å². The first-order valence-corrected chi connectivity index (χ1v) is 14.7. The van der Waals surface area contributed by atoms with E-state index in [1.54, 1.807) is 0 Å². The van der Waals surface area contributed by atoms with Crippen LogP contribution in [0.1, 0.15) is 133 Å². The Morgan fingerprint density at radius 3 is 1.58 bits per heavy atom. The van der Waals surface area contributed by atoms with Gasteiger partial charge in [0, 0.05) is 12.1 Å². The molecule has 1 N–H and O–H groups in total. The van der Waals surface area contributed by atoms with Crippen molar-refractivity contribution in [2.24, 2.45) is 0 Å². The maximum atomic E-state index is 13.1. The van der Waals surface area contributed by atoms with E-state index >= 15 is 0 Å². The Balaban J connectivity index is 2.29. The van der Waals surface area contributed by atoms with E-state index in [9.17, 15) is 13.2 Å². The predicted octanol–water partition coefficient (Wildman–Crippen LogP) is 8.04. The van der Waals surface area contributed by atoms with Crippen molar-refractivity contribution in [3.63, 3.8) is 0 Å². The molecule has 0 spiro atoms. The second-order valence-corrected chi connectivity index (χ2v) is 12.9. The van der Waals surface area contributed by atoms with E-state index in [0.29, 0.717) is 11.7 Å². The van der Waals surface area contributed by atoms with E-state index in [4.69, 9.17) is 4.18 Å². The third-order valence-electron chi connectivity index (χ3n) is 6.51. The van der Waals surface area contributed by atoms with Gasteiger partial charge >= 0.3 is 10.1 Å². The molecule has 0 aliphatic carbocycles. The molecule has 0 radical (unpaired) electrons. The van der Waals surface area contributed by atoms with Crippen LogP contribution in [-0.4, -0.2) is 20.1 Å². The summed E-state index contributed by atoms with van der Waals surface area (Å²) >= 11 is 0. The molecular formula is C30H45NO4S. The zero-order valence-corrected chi connectivity index (χ0v) is 24.5. The lowest BCUT2D eigenvalue weighted by molar-refractivity contribution is -0.115. The van der Waals surface area contributed by atoms with Gasteiger partial charge in [0.2, 0.25) is 5.91 Å². The summed E-state index contributed by atoms with van der Waals surface area (Å²) in [6.07, 6.45) is -0.176. The fourth-order valence-corrected chi connectivity index (χ4v) is 5.23. The van der Waals surface area contributed by atoms with Crippen molar-refractivity contribution >= 4 is 21.7 Å². The molecule has 2 aromatic carbocycles. The number of anilines is 1. The van der Waals surface area contributed by atoms with Crippen molar-refractivity contribution in [1.29, 1.82) is 0 Å². The fourth-order valence-electron chi connectivity index (χ4n) is 4.27. The lowest BCUT2D eigenvalue weighted by Gasteiger charge is -2.22. The average Bonchev–Trinajstić information content (AvgIpc) is 2.76. The molecule has 0 atom stereocenters. The minimum atomic E-state index is -3.98. The summed E-state index contributed by atoms with van der Waals surface area (Å²) in [7, 11) is -3.98. The largest absolute Gasteiger partial charge is 0.382 e. The molecule has 0 aliphatic rings. The molecule has 0 saturated carbocycles. The van der Waals surface area contributed by atoms with Crippen LogP contribution in [-0.2, 0) is 14.9 Å². The van der Waals surface area contributed by atoms with Crippen molar-refractivity contribution in [3.8, 4) is 5.75 Å². The molecule has 5 nitrogen and oxygen atoms in total. The van der Waals surface area contributed by atoms with Crippen LogP contribution >= 0.6 is 0 Å². The van der Waals surface area contributed by atoms with Crippen LogP contribution in [0.4, 0.5) is 5.69 Å². The number of carbonyl (C=O) groups excluding carboxylic acids is 1. The highest BCUT2D eigenvalue weighted by atomic mass is 32.2. The molecule has 0 bridgehead atoms. The van der Waals surface area contributed by atoms with Crippen molar-refractivity contribution in [3.05, 3.63) is 58.1 Å². The lowest BCUT2D eigenvalue weighted by Crippen LogP contribution is -2.22. The first-order chi connectivity index (χ1) is 16.6. The number of para-hydroxylation sites is 1. The molecule has 0 unspecified atom stereocenters. The summed E-state index contributed by atoms with van der Waals surface area (Å²) in [5, 5.41) is 3.00. The Kier molecular flexibility index (Phi) is 10.2. The van der Waals surface area contributed by atoms with E-state index in [1.807, 2.05) is 45.9 Å². The van der Waals surface area contributed by atoms with E-state index in [-0.39, 0.29) is 41.8 Å². The van der Waals surface area contributed by atoms with Crippen LogP contribution in [0.15, 0.2) is 30.3 Å². The molecule has 0 aliphatic heterocycles. The molecular weight excluding hydrogens is 470 g/mol. The highest BCUT2D eigenvalue weighted by Gasteiger charge is 2.25. The Labute approximate surface area is 219 Å². The molecule has 1 amide bonds. The topological polar surface area (TPSA) is 72.5 Å².